The van der Waals surface area contributed by atoms with E-state index in [-0.39, 0.29) is 0 Å². The van der Waals surface area contributed by atoms with Crippen molar-refractivity contribution in [2.75, 3.05) is 20.9 Å². The van der Waals surface area contributed by atoms with Gasteiger partial charge in [-0.1, -0.05) is 36.4 Å². The Balaban J connectivity index is 1.59. The average Bonchev–Trinajstić information content (AvgIpc) is 3.04. The first-order valence-electron chi connectivity index (χ1n) is 7.60. The maximum atomic E-state index is 5.41. The van der Waals surface area contributed by atoms with E-state index in [1.54, 1.807) is 7.05 Å². The molecule has 0 saturated carbocycles. The van der Waals surface area contributed by atoms with Crippen LogP contribution in [0.15, 0.2) is 53.5 Å². The van der Waals surface area contributed by atoms with Crippen molar-refractivity contribution >= 4 is 5.96 Å². The zero-order chi connectivity index (χ0) is 16.1. The van der Waals surface area contributed by atoms with Gasteiger partial charge in [0.05, 0.1) is 0 Å². The lowest BCUT2D eigenvalue weighted by Crippen LogP contribution is -2.38. The van der Waals surface area contributed by atoms with Gasteiger partial charge in [0.2, 0.25) is 6.79 Å². The molecule has 0 bridgehead atoms. The number of nitrogens with zero attached hydrogens (tertiary/aromatic N) is 2. The molecular weight excluding hydrogens is 290 g/mol. The Kier molecular flexibility index (Phi) is 4.66. The number of hydrogen-bond donors (Lipinski definition) is 1. The summed E-state index contributed by atoms with van der Waals surface area (Å²) in [6.07, 6.45) is 0. The maximum absolute atomic E-state index is 5.41. The van der Waals surface area contributed by atoms with Gasteiger partial charge in [-0.3, -0.25) is 4.99 Å². The monoisotopic (exact) mass is 311 g/mol. The van der Waals surface area contributed by atoms with Gasteiger partial charge >= 0.3 is 0 Å². The lowest BCUT2D eigenvalue weighted by molar-refractivity contribution is 0.174. The second-order valence-electron chi connectivity index (χ2n) is 5.43. The lowest BCUT2D eigenvalue weighted by Gasteiger charge is -2.22. The number of fused-ring (bicyclic) bond motifs is 1. The highest BCUT2D eigenvalue weighted by molar-refractivity contribution is 5.79. The molecule has 3 rings (SSSR count). The largest absolute Gasteiger partial charge is 0.454 e. The van der Waals surface area contributed by atoms with Crippen molar-refractivity contribution in [1.29, 1.82) is 0 Å². The fourth-order valence-electron chi connectivity index (χ4n) is 2.55. The Morgan fingerprint density at radius 1 is 1.09 bits per heavy atom. The molecule has 0 fully saturated rings. The molecule has 1 aliphatic rings. The molecule has 0 spiro atoms. The summed E-state index contributed by atoms with van der Waals surface area (Å²) >= 11 is 0. The van der Waals surface area contributed by atoms with Gasteiger partial charge < -0.3 is 19.7 Å². The van der Waals surface area contributed by atoms with E-state index in [2.05, 4.69) is 27.3 Å². The van der Waals surface area contributed by atoms with E-state index >= 15 is 0 Å². The van der Waals surface area contributed by atoms with Crippen LogP contribution in [0, 0.1) is 0 Å². The Labute approximate surface area is 136 Å². The molecule has 1 aliphatic heterocycles. The van der Waals surface area contributed by atoms with Crippen LogP contribution in [-0.2, 0) is 13.1 Å². The first-order chi connectivity index (χ1) is 11.3. The van der Waals surface area contributed by atoms with Crippen LogP contribution in [0.25, 0.3) is 0 Å². The molecule has 0 amide bonds. The topological polar surface area (TPSA) is 46.1 Å². The molecule has 0 radical (unpaired) electrons. The third-order valence-corrected chi connectivity index (χ3v) is 3.72. The highest BCUT2D eigenvalue weighted by Gasteiger charge is 2.13. The molecule has 2 aromatic carbocycles. The maximum Gasteiger partial charge on any atom is 0.231 e. The third kappa shape index (κ3) is 3.74. The van der Waals surface area contributed by atoms with Crippen LogP contribution in [-0.4, -0.2) is 31.7 Å². The second-order valence-corrected chi connectivity index (χ2v) is 5.43. The quantitative estimate of drug-likeness (QED) is 0.696. The first kappa shape index (κ1) is 15.2. The molecule has 0 unspecified atom stereocenters. The predicted octanol–water partition coefficient (Wildman–Crippen LogP) is 2.62. The number of benzene rings is 2. The number of hydrogen-bond acceptors (Lipinski definition) is 3. The molecule has 0 saturated heterocycles. The molecule has 5 nitrogen and oxygen atoms in total. The minimum atomic E-state index is 0.299. The van der Waals surface area contributed by atoms with Crippen LogP contribution in [0.1, 0.15) is 11.1 Å². The van der Waals surface area contributed by atoms with Crippen LogP contribution < -0.4 is 14.8 Å². The van der Waals surface area contributed by atoms with Gasteiger partial charge in [-0.2, -0.15) is 0 Å². The normalized spacial score (nSPS) is 13.0. The Morgan fingerprint density at radius 3 is 2.65 bits per heavy atom. The predicted molar refractivity (Wildman–Crippen MR) is 90.7 cm³/mol. The van der Waals surface area contributed by atoms with Crippen molar-refractivity contribution in [3.05, 3.63) is 59.7 Å². The van der Waals surface area contributed by atoms with Crippen LogP contribution in [0.2, 0.25) is 0 Å². The minimum Gasteiger partial charge on any atom is -0.454 e. The number of rotatable bonds is 4. The number of ether oxygens (including phenoxy) is 2. The Bertz CT molecular complexity index is 686. The minimum absolute atomic E-state index is 0.299. The van der Waals surface area contributed by atoms with Gasteiger partial charge in [0.25, 0.3) is 0 Å². The van der Waals surface area contributed by atoms with Gasteiger partial charge in [-0.25, -0.2) is 0 Å². The SMILES string of the molecule is CN=C(NCc1ccc2c(c1)OCO2)N(C)Cc1ccccc1. The summed E-state index contributed by atoms with van der Waals surface area (Å²) in [7, 11) is 3.82. The van der Waals surface area contributed by atoms with Crippen LogP contribution >= 0.6 is 0 Å². The summed E-state index contributed by atoms with van der Waals surface area (Å²) in [6, 6.07) is 16.3. The van der Waals surface area contributed by atoms with Gasteiger partial charge in [0, 0.05) is 27.2 Å². The lowest BCUT2D eigenvalue weighted by atomic mass is 10.2. The summed E-state index contributed by atoms with van der Waals surface area (Å²) in [4.78, 5) is 6.45. The number of nitrogens with one attached hydrogen (secondary N) is 1. The number of aliphatic imine (C=N–C) groups is 1. The van der Waals surface area contributed by atoms with Crippen LogP contribution in [0.4, 0.5) is 0 Å². The van der Waals surface area contributed by atoms with Crippen molar-refractivity contribution in [3.8, 4) is 11.5 Å². The molecule has 0 aliphatic carbocycles. The molecule has 0 atom stereocenters. The van der Waals surface area contributed by atoms with Gasteiger partial charge in [0.15, 0.2) is 17.5 Å². The molecular formula is C18H21N3O2. The van der Waals surface area contributed by atoms with E-state index in [0.29, 0.717) is 13.3 Å². The molecule has 1 N–H and O–H groups in total. The highest BCUT2D eigenvalue weighted by atomic mass is 16.7. The molecule has 2 aromatic rings. The molecule has 120 valence electrons. The first-order valence-corrected chi connectivity index (χ1v) is 7.60. The fraction of sp³-hybridized carbons (Fsp3) is 0.278. The van der Waals surface area contributed by atoms with Crippen LogP contribution in [0.5, 0.6) is 11.5 Å². The third-order valence-electron chi connectivity index (χ3n) is 3.72. The van der Waals surface area contributed by atoms with E-state index in [9.17, 15) is 0 Å². The van der Waals surface area contributed by atoms with E-state index in [1.165, 1.54) is 5.56 Å². The zero-order valence-corrected chi connectivity index (χ0v) is 13.5. The van der Waals surface area contributed by atoms with Gasteiger partial charge in [-0.05, 0) is 23.3 Å². The Morgan fingerprint density at radius 2 is 1.87 bits per heavy atom. The van der Waals surface area contributed by atoms with E-state index in [0.717, 1.165) is 29.6 Å². The summed E-state index contributed by atoms with van der Waals surface area (Å²) in [5.41, 5.74) is 2.38. The summed E-state index contributed by atoms with van der Waals surface area (Å²) < 4.78 is 10.7. The van der Waals surface area contributed by atoms with Gasteiger partial charge in [0.1, 0.15) is 0 Å². The standard InChI is InChI=1S/C18H21N3O2/c1-19-18(21(2)12-14-6-4-3-5-7-14)20-11-15-8-9-16-17(10-15)23-13-22-16/h3-10H,11-13H2,1-2H3,(H,19,20). The van der Waals surface area contributed by atoms with Crippen molar-refractivity contribution in [3.63, 3.8) is 0 Å². The van der Waals surface area contributed by atoms with Gasteiger partial charge in [-0.15, -0.1) is 0 Å². The summed E-state index contributed by atoms with van der Waals surface area (Å²) in [5, 5.41) is 3.38. The van der Waals surface area contributed by atoms with Crippen molar-refractivity contribution in [2.45, 2.75) is 13.1 Å². The summed E-state index contributed by atoms with van der Waals surface area (Å²) in [6.45, 7) is 1.79. The fourth-order valence-corrected chi connectivity index (χ4v) is 2.55. The second kappa shape index (κ2) is 7.05. The zero-order valence-electron chi connectivity index (χ0n) is 13.5. The smallest absolute Gasteiger partial charge is 0.231 e. The Hall–Kier alpha value is -2.69. The highest BCUT2D eigenvalue weighted by Crippen LogP contribution is 2.32. The van der Waals surface area contributed by atoms with Crippen molar-refractivity contribution < 1.29 is 9.47 Å². The van der Waals surface area contributed by atoms with Crippen molar-refractivity contribution in [2.24, 2.45) is 4.99 Å². The molecule has 23 heavy (non-hydrogen) atoms. The average molecular weight is 311 g/mol. The van der Waals surface area contributed by atoms with E-state index in [4.69, 9.17) is 9.47 Å². The van der Waals surface area contributed by atoms with Crippen molar-refractivity contribution in [1.82, 2.24) is 10.2 Å². The molecule has 1 heterocycles. The number of guanidine groups is 1. The molecule has 0 aromatic heterocycles. The van der Waals surface area contributed by atoms with Crippen LogP contribution in [0.3, 0.4) is 0 Å². The van der Waals surface area contributed by atoms with E-state index in [1.807, 2.05) is 43.4 Å². The van der Waals surface area contributed by atoms with E-state index < -0.39 is 0 Å². The summed E-state index contributed by atoms with van der Waals surface area (Å²) in [5.74, 6) is 2.46. The molecule has 5 heteroatoms.